The number of aliphatic hydroxyl groups is 1. The second kappa shape index (κ2) is 7.75. The van der Waals surface area contributed by atoms with E-state index in [0.29, 0.717) is 5.69 Å². The summed E-state index contributed by atoms with van der Waals surface area (Å²) >= 11 is 0. The van der Waals surface area contributed by atoms with E-state index in [4.69, 9.17) is 9.84 Å². The number of carbonyl (C=O) groups excluding carboxylic acids is 1. The monoisotopic (exact) mass is 278 g/mol. The third-order valence-corrected chi connectivity index (χ3v) is 3.41. The van der Waals surface area contributed by atoms with Gasteiger partial charge in [0.05, 0.1) is 6.61 Å². The van der Waals surface area contributed by atoms with Crippen LogP contribution in [0.3, 0.4) is 0 Å². The maximum atomic E-state index is 11.3. The van der Waals surface area contributed by atoms with Crippen LogP contribution in [0.2, 0.25) is 0 Å². The number of aliphatic hydroxyl groups excluding tert-OH is 1. The molecule has 0 atom stereocenters. The second-order valence-electron chi connectivity index (χ2n) is 4.93. The third kappa shape index (κ3) is 4.42. The zero-order chi connectivity index (χ0) is 14.2. The second-order valence-corrected chi connectivity index (χ2v) is 4.93. The quantitative estimate of drug-likeness (QED) is 0.888. The van der Waals surface area contributed by atoms with Gasteiger partial charge >= 0.3 is 6.09 Å². The van der Waals surface area contributed by atoms with Crippen LogP contribution in [0.4, 0.5) is 16.2 Å². The summed E-state index contributed by atoms with van der Waals surface area (Å²) in [6, 6.07) is 7.79. The summed E-state index contributed by atoms with van der Waals surface area (Å²) in [4.78, 5) is 13.7. The molecule has 0 spiro atoms. The van der Waals surface area contributed by atoms with Gasteiger partial charge in [-0.1, -0.05) is 12.8 Å². The SMILES string of the molecule is O=C(Nc1ccc(N2CCCCCC2)cc1)OCCO. The summed E-state index contributed by atoms with van der Waals surface area (Å²) in [7, 11) is 0. The zero-order valence-electron chi connectivity index (χ0n) is 11.7. The van der Waals surface area contributed by atoms with E-state index in [9.17, 15) is 4.79 Å². The minimum atomic E-state index is -0.540. The van der Waals surface area contributed by atoms with Gasteiger partial charge in [0.25, 0.3) is 0 Å². The fourth-order valence-corrected chi connectivity index (χ4v) is 2.38. The minimum Gasteiger partial charge on any atom is -0.447 e. The summed E-state index contributed by atoms with van der Waals surface area (Å²) in [6.07, 6.45) is 4.57. The lowest BCUT2D eigenvalue weighted by Gasteiger charge is -2.22. The van der Waals surface area contributed by atoms with Crippen LogP contribution in [0, 0.1) is 0 Å². The van der Waals surface area contributed by atoms with Crippen LogP contribution in [0.15, 0.2) is 24.3 Å². The van der Waals surface area contributed by atoms with Crippen molar-refractivity contribution in [2.24, 2.45) is 0 Å². The molecule has 1 fully saturated rings. The van der Waals surface area contributed by atoms with Crippen molar-refractivity contribution in [3.05, 3.63) is 24.3 Å². The van der Waals surface area contributed by atoms with Crippen LogP contribution < -0.4 is 10.2 Å². The lowest BCUT2D eigenvalue weighted by Crippen LogP contribution is -2.23. The van der Waals surface area contributed by atoms with E-state index in [2.05, 4.69) is 10.2 Å². The molecule has 1 saturated heterocycles. The molecule has 0 saturated carbocycles. The number of amides is 1. The van der Waals surface area contributed by atoms with Crippen molar-refractivity contribution in [2.75, 3.05) is 36.5 Å². The average molecular weight is 278 g/mol. The number of hydrogen-bond donors (Lipinski definition) is 2. The summed E-state index contributed by atoms with van der Waals surface area (Å²) in [5.74, 6) is 0. The van der Waals surface area contributed by atoms with Gasteiger partial charge in [-0.15, -0.1) is 0 Å². The molecule has 1 heterocycles. The third-order valence-electron chi connectivity index (χ3n) is 3.41. The molecule has 0 aromatic heterocycles. The molecule has 20 heavy (non-hydrogen) atoms. The molecule has 0 aliphatic carbocycles. The van der Waals surface area contributed by atoms with Crippen molar-refractivity contribution in [1.29, 1.82) is 0 Å². The van der Waals surface area contributed by atoms with Crippen LogP contribution in [-0.4, -0.2) is 37.5 Å². The molecule has 1 aromatic rings. The van der Waals surface area contributed by atoms with Gasteiger partial charge in [-0.3, -0.25) is 5.32 Å². The highest BCUT2D eigenvalue weighted by molar-refractivity contribution is 5.84. The summed E-state index contributed by atoms with van der Waals surface area (Å²) in [6.45, 7) is 2.05. The first-order valence-corrected chi connectivity index (χ1v) is 7.19. The highest BCUT2D eigenvalue weighted by Gasteiger charge is 2.10. The van der Waals surface area contributed by atoms with E-state index >= 15 is 0 Å². The Balaban J connectivity index is 1.90. The number of carbonyl (C=O) groups is 1. The van der Waals surface area contributed by atoms with Crippen molar-refractivity contribution < 1.29 is 14.6 Å². The molecule has 1 amide bonds. The van der Waals surface area contributed by atoms with Crippen molar-refractivity contribution in [3.8, 4) is 0 Å². The van der Waals surface area contributed by atoms with E-state index in [-0.39, 0.29) is 13.2 Å². The Morgan fingerprint density at radius 1 is 1.15 bits per heavy atom. The highest BCUT2D eigenvalue weighted by Crippen LogP contribution is 2.21. The molecular formula is C15H22N2O3. The Bertz CT molecular complexity index is 412. The predicted molar refractivity (Wildman–Crippen MR) is 79.2 cm³/mol. The molecular weight excluding hydrogens is 256 g/mol. The molecule has 1 aliphatic rings. The predicted octanol–water partition coefficient (Wildman–Crippen LogP) is 2.61. The lowest BCUT2D eigenvalue weighted by molar-refractivity contribution is 0.131. The highest BCUT2D eigenvalue weighted by atomic mass is 16.6. The largest absolute Gasteiger partial charge is 0.447 e. The number of nitrogens with one attached hydrogen (secondary N) is 1. The van der Waals surface area contributed by atoms with E-state index in [1.165, 1.54) is 31.4 Å². The average Bonchev–Trinajstić information content (AvgIpc) is 2.75. The first-order valence-electron chi connectivity index (χ1n) is 7.19. The smallest absolute Gasteiger partial charge is 0.411 e. The number of ether oxygens (including phenoxy) is 1. The minimum absolute atomic E-state index is 0.0116. The van der Waals surface area contributed by atoms with Crippen LogP contribution in [-0.2, 0) is 4.74 Å². The topological polar surface area (TPSA) is 61.8 Å². The number of benzene rings is 1. The van der Waals surface area contributed by atoms with Crippen molar-refractivity contribution in [2.45, 2.75) is 25.7 Å². The van der Waals surface area contributed by atoms with Gasteiger partial charge in [-0.05, 0) is 37.1 Å². The molecule has 0 bridgehead atoms. The summed E-state index contributed by atoms with van der Waals surface area (Å²) in [5.41, 5.74) is 1.90. The van der Waals surface area contributed by atoms with Crippen molar-refractivity contribution >= 4 is 17.5 Å². The molecule has 5 nitrogen and oxygen atoms in total. The summed E-state index contributed by atoms with van der Waals surface area (Å²) in [5, 5.41) is 11.2. The Morgan fingerprint density at radius 2 is 1.80 bits per heavy atom. The summed E-state index contributed by atoms with van der Waals surface area (Å²) < 4.78 is 4.75. The van der Waals surface area contributed by atoms with Gasteiger partial charge in [-0.2, -0.15) is 0 Å². The van der Waals surface area contributed by atoms with Crippen LogP contribution in [0.25, 0.3) is 0 Å². The molecule has 0 unspecified atom stereocenters. The molecule has 0 radical (unpaired) electrons. The Morgan fingerprint density at radius 3 is 2.40 bits per heavy atom. The van der Waals surface area contributed by atoms with Crippen LogP contribution in [0.1, 0.15) is 25.7 Å². The maximum absolute atomic E-state index is 11.3. The molecule has 5 heteroatoms. The molecule has 2 N–H and O–H groups in total. The van der Waals surface area contributed by atoms with Crippen LogP contribution in [0.5, 0.6) is 0 Å². The van der Waals surface area contributed by atoms with Gasteiger partial charge in [-0.25, -0.2) is 4.79 Å². The number of hydrogen-bond acceptors (Lipinski definition) is 4. The first-order chi connectivity index (χ1) is 9.79. The normalized spacial score (nSPS) is 15.6. The lowest BCUT2D eigenvalue weighted by atomic mass is 10.2. The molecule has 2 rings (SSSR count). The van der Waals surface area contributed by atoms with E-state index < -0.39 is 6.09 Å². The molecule has 1 aromatic carbocycles. The van der Waals surface area contributed by atoms with Crippen molar-refractivity contribution in [1.82, 2.24) is 0 Å². The van der Waals surface area contributed by atoms with E-state index in [1.807, 2.05) is 24.3 Å². The van der Waals surface area contributed by atoms with Gasteiger partial charge in [0.1, 0.15) is 6.61 Å². The van der Waals surface area contributed by atoms with Gasteiger partial charge < -0.3 is 14.7 Å². The number of nitrogens with zero attached hydrogens (tertiary/aromatic N) is 1. The van der Waals surface area contributed by atoms with E-state index in [0.717, 1.165) is 13.1 Å². The number of anilines is 2. The van der Waals surface area contributed by atoms with E-state index in [1.54, 1.807) is 0 Å². The fourth-order valence-electron chi connectivity index (χ4n) is 2.38. The van der Waals surface area contributed by atoms with Crippen LogP contribution >= 0.6 is 0 Å². The first kappa shape index (κ1) is 14.7. The van der Waals surface area contributed by atoms with Gasteiger partial charge in [0, 0.05) is 24.5 Å². The Labute approximate surface area is 119 Å². The van der Waals surface area contributed by atoms with Crippen molar-refractivity contribution in [3.63, 3.8) is 0 Å². The fraction of sp³-hybridized carbons (Fsp3) is 0.533. The standard InChI is InChI=1S/C15H22N2O3/c18-11-12-20-15(19)16-13-5-7-14(8-6-13)17-9-3-1-2-4-10-17/h5-8,18H,1-4,9-12H2,(H,16,19). The Kier molecular flexibility index (Phi) is 5.68. The van der Waals surface area contributed by atoms with Gasteiger partial charge in [0.2, 0.25) is 0 Å². The Hall–Kier alpha value is -1.75. The maximum Gasteiger partial charge on any atom is 0.411 e. The zero-order valence-corrected chi connectivity index (χ0v) is 11.7. The molecule has 1 aliphatic heterocycles. The van der Waals surface area contributed by atoms with Gasteiger partial charge in [0.15, 0.2) is 0 Å². The number of rotatable bonds is 4. The molecule has 110 valence electrons.